The lowest BCUT2D eigenvalue weighted by Crippen LogP contribution is -3.12. The number of ether oxygens (including phenoxy) is 1. The number of amides is 1. The number of nitro groups is 1. The number of anilines is 1. The molecule has 0 saturated heterocycles. The van der Waals surface area contributed by atoms with Crippen LogP contribution in [0.15, 0.2) is 42.5 Å². The van der Waals surface area contributed by atoms with E-state index in [0.29, 0.717) is 12.2 Å². The van der Waals surface area contributed by atoms with Crippen molar-refractivity contribution in [1.82, 2.24) is 0 Å². The SMILES string of the molecule is COc1cc([N+](=O)[O-])ccc1NC(=O)[C@@H](C)[NH+](C)Cc1ccc(C(C)(C)C)cc1. The highest BCUT2D eigenvalue weighted by Gasteiger charge is 2.24. The van der Waals surface area contributed by atoms with Gasteiger partial charge in [0, 0.05) is 11.6 Å². The van der Waals surface area contributed by atoms with Crippen LogP contribution in [0.5, 0.6) is 5.75 Å². The Labute approximate surface area is 171 Å². The van der Waals surface area contributed by atoms with Gasteiger partial charge in [-0.15, -0.1) is 0 Å². The second-order valence-electron chi connectivity index (χ2n) is 8.32. The van der Waals surface area contributed by atoms with Gasteiger partial charge in [0.2, 0.25) is 0 Å². The molecular formula is C22H30N3O4+. The van der Waals surface area contributed by atoms with Crippen LogP contribution in [0.4, 0.5) is 11.4 Å². The number of methoxy groups -OCH3 is 1. The Morgan fingerprint density at radius 3 is 2.34 bits per heavy atom. The van der Waals surface area contributed by atoms with Crippen LogP contribution in [-0.4, -0.2) is 31.0 Å². The van der Waals surface area contributed by atoms with Gasteiger partial charge >= 0.3 is 0 Å². The first-order chi connectivity index (χ1) is 13.5. The monoisotopic (exact) mass is 400 g/mol. The Balaban J connectivity index is 2.05. The molecule has 0 fully saturated rings. The van der Waals surface area contributed by atoms with E-state index in [1.54, 1.807) is 0 Å². The third-order valence-electron chi connectivity index (χ3n) is 5.09. The zero-order valence-electron chi connectivity index (χ0n) is 17.9. The van der Waals surface area contributed by atoms with E-state index in [-0.39, 0.29) is 28.8 Å². The minimum Gasteiger partial charge on any atom is -0.494 e. The predicted molar refractivity (Wildman–Crippen MR) is 113 cm³/mol. The Bertz CT molecular complexity index is 873. The normalized spacial score (nSPS) is 13.4. The number of carbonyl (C=O) groups excluding carboxylic acids is 1. The second-order valence-corrected chi connectivity index (χ2v) is 8.32. The van der Waals surface area contributed by atoms with Crippen LogP contribution in [0.1, 0.15) is 38.8 Å². The van der Waals surface area contributed by atoms with Crippen LogP contribution in [-0.2, 0) is 16.8 Å². The number of hydrogen-bond donors (Lipinski definition) is 2. The summed E-state index contributed by atoms with van der Waals surface area (Å²) >= 11 is 0. The fraction of sp³-hybridized carbons (Fsp3) is 0.409. The number of rotatable bonds is 7. The van der Waals surface area contributed by atoms with Crippen molar-refractivity contribution >= 4 is 17.3 Å². The van der Waals surface area contributed by atoms with E-state index in [0.717, 1.165) is 10.5 Å². The van der Waals surface area contributed by atoms with Gasteiger partial charge in [-0.2, -0.15) is 0 Å². The van der Waals surface area contributed by atoms with Crippen LogP contribution in [0.25, 0.3) is 0 Å². The first kappa shape index (κ1) is 22.4. The summed E-state index contributed by atoms with van der Waals surface area (Å²) in [5.41, 5.74) is 2.86. The highest BCUT2D eigenvalue weighted by atomic mass is 16.6. The largest absolute Gasteiger partial charge is 0.494 e. The highest BCUT2D eigenvalue weighted by molar-refractivity contribution is 5.95. The summed E-state index contributed by atoms with van der Waals surface area (Å²) in [5, 5.41) is 13.7. The van der Waals surface area contributed by atoms with Crippen molar-refractivity contribution < 1.29 is 19.4 Å². The molecule has 156 valence electrons. The standard InChI is InChI=1S/C22H29N3O4/c1-15(24(5)14-16-7-9-17(10-8-16)22(2,3)4)21(26)23-19-12-11-18(25(27)28)13-20(19)29-6/h7-13,15H,14H2,1-6H3,(H,23,26)/p+1/t15-/m1/s1. The van der Waals surface area contributed by atoms with Crippen LogP contribution >= 0.6 is 0 Å². The first-order valence-corrected chi connectivity index (χ1v) is 9.58. The minimum absolute atomic E-state index is 0.0886. The fourth-order valence-corrected chi connectivity index (χ4v) is 2.96. The van der Waals surface area contributed by atoms with Crippen LogP contribution in [0.2, 0.25) is 0 Å². The number of hydrogen-bond acceptors (Lipinski definition) is 4. The van der Waals surface area contributed by atoms with E-state index in [4.69, 9.17) is 4.74 Å². The summed E-state index contributed by atoms with van der Waals surface area (Å²) in [5.74, 6) is 0.0798. The molecule has 0 radical (unpaired) electrons. The molecule has 7 heteroatoms. The molecular weight excluding hydrogens is 370 g/mol. The molecule has 1 amide bonds. The minimum atomic E-state index is -0.500. The van der Waals surface area contributed by atoms with Gasteiger partial charge in [0.05, 0.1) is 30.8 Å². The molecule has 0 bridgehead atoms. The smallest absolute Gasteiger partial charge is 0.282 e. The van der Waals surface area contributed by atoms with Crippen molar-refractivity contribution in [3.63, 3.8) is 0 Å². The number of nitrogens with zero attached hydrogens (tertiary/aromatic N) is 1. The molecule has 0 saturated carbocycles. The Kier molecular flexibility index (Phi) is 6.97. The van der Waals surface area contributed by atoms with Gasteiger partial charge in [0.25, 0.3) is 11.6 Å². The molecule has 0 aromatic heterocycles. The number of nitrogens with one attached hydrogen (secondary N) is 2. The van der Waals surface area contributed by atoms with Crippen LogP contribution in [0, 0.1) is 10.1 Å². The van der Waals surface area contributed by atoms with Crippen molar-refractivity contribution in [2.24, 2.45) is 0 Å². The van der Waals surface area contributed by atoms with Gasteiger partial charge in [-0.25, -0.2) is 0 Å². The van der Waals surface area contributed by atoms with Crippen molar-refractivity contribution in [2.45, 2.75) is 45.7 Å². The fourth-order valence-electron chi connectivity index (χ4n) is 2.96. The average Bonchev–Trinajstić information content (AvgIpc) is 2.67. The van der Waals surface area contributed by atoms with Gasteiger partial charge < -0.3 is 15.0 Å². The molecule has 29 heavy (non-hydrogen) atoms. The number of quaternary nitrogens is 1. The molecule has 0 aliphatic carbocycles. The third-order valence-corrected chi connectivity index (χ3v) is 5.09. The van der Waals surface area contributed by atoms with E-state index < -0.39 is 4.92 Å². The molecule has 0 heterocycles. The number of benzene rings is 2. The molecule has 1 unspecified atom stereocenters. The second kappa shape index (κ2) is 9.05. The molecule has 2 rings (SSSR count). The van der Waals surface area contributed by atoms with Gasteiger partial charge in [-0.05, 0) is 24.0 Å². The lowest BCUT2D eigenvalue weighted by atomic mass is 9.87. The molecule has 0 aliphatic heterocycles. The number of carbonyl (C=O) groups is 1. The van der Waals surface area contributed by atoms with E-state index in [1.807, 2.05) is 14.0 Å². The molecule has 2 N–H and O–H groups in total. The van der Waals surface area contributed by atoms with Gasteiger partial charge in [0.1, 0.15) is 12.3 Å². The quantitative estimate of drug-likeness (QED) is 0.553. The van der Waals surface area contributed by atoms with E-state index in [2.05, 4.69) is 50.4 Å². The zero-order valence-corrected chi connectivity index (χ0v) is 17.9. The molecule has 2 aromatic carbocycles. The maximum atomic E-state index is 12.7. The Hall–Kier alpha value is -2.93. The number of likely N-dealkylation sites (N-methyl/N-ethyl adjacent to an activating group) is 1. The predicted octanol–water partition coefficient (Wildman–Crippen LogP) is 2.94. The van der Waals surface area contributed by atoms with Gasteiger partial charge in [0.15, 0.2) is 6.04 Å². The maximum absolute atomic E-state index is 12.7. The highest BCUT2D eigenvalue weighted by Crippen LogP contribution is 2.29. The summed E-state index contributed by atoms with van der Waals surface area (Å²) in [6.45, 7) is 9.09. The summed E-state index contributed by atoms with van der Waals surface area (Å²) in [6.07, 6.45) is 0. The van der Waals surface area contributed by atoms with Crippen molar-refractivity contribution in [2.75, 3.05) is 19.5 Å². The Morgan fingerprint density at radius 1 is 1.21 bits per heavy atom. The number of non-ortho nitro benzene ring substituents is 1. The third kappa shape index (κ3) is 5.77. The van der Waals surface area contributed by atoms with Gasteiger partial charge in [-0.3, -0.25) is 14.9 Å². The van der Waals surface area contributed by atoms with Crippen molar-refractivity contribution in [1.29, 1.82) is 0 Å². The van der Waals surface area contributed by atoms with E-state index in [9.17, 15) is 14.9 Å². The van der Waals surface area contributed by atoms with Crippen LogP contribution < -0.4 is 15.0 Å². The topological polar surface area (TPSA) is 85.9 Å². The summed E-state index contributed by atoms with van der Waals surface area (Å²) in [6, 6.07) is 12.3. The Morgan fingerprint density at radius 2 is 1.83 bits per heavy atom. The summed E-state index contributed by atoms with van der Waals surface area (Å²) < 4.78 is 5.19. The lowest BCUT2D eigenvalue weighted by Gasteiger charge is -2.23. The zero-order chi connectivity index (χ0) is 21.8. The van der Waals surface area contributed by atoms with Crippen LogP contribution in [0.3, 0.4) is 0 Å². The molecule has 0 spiro atoms. The molecule has 0 aliphatic rings. The lowest BCUT2D eigenvalue weighted by molar-refractivity contribution is -0.907. The first-order valence-electron chi connectivity index (χ1n) is 9.58. The summed E-state index contributed by atoms with van der Waals surface area (Å²) in [7, 11) is 3.38. The summed E-state index contributed by atoms with van der Waals surface area (Å²) in [4.78, 5) is 24.1. The van der Waals surface area contributed by atoms with E-state index in [1.165, 1.54) is 30.9 Å². The van der Waals surface area contributed by atoms with Gasteiger partial charge in [-0.1, -0.05) is 45.0 Å². The molecule has 2 aromatic rings. The number of nitro benzene ring substituents is 1. The molecule has 2 atom stereocenters. The van der Waals surface area contributed by atoms with Crippen molar-refractivity contribution in [3.05, 3.63) is 63.7 Å². The average molecular weight is 400 g/mol. The van der Waals surface area contributed by atoms with Crippen molar-refractivity contribution in [3.8, 4) is 5.75 Å². The molecule has 7 nitrogen and oxygen atoms in total. The maximum Gasteiger partial charge on any atom is 0.282 e. The van der Waals surface area contributed by atoms with E-state index >= 15 is 0 Å².